The van der Waals surface area contributed by atoms with Crippen molar-refractivity contribution in [1.82, 2.24) is 5.32 Å². The number of hydrogen-bond donors (Lipinski definition) is 2. The van der Waals surface area contributed by atoms with E-state index in [0.717, 1.165) is 12.0 Å². The Balaban J connectivity index is 2.47. The first kappa shape index (κ1) is 18.1. The number of aromatic nitrogens is 1. The average molecular weight is 342 g/mol. The van der Waals surface area contributed by atoms with Crippen molar-refractivity contribution in [2.24, 2.45) is 0 Å². The van der Waals surface area contributed by atoms with E-state index >= 15 is 0 Å². The van der Waals surface area contributed by atoms with Crippen molar-refractivity contribution >= 4 is 28.7 Å². The highest BCUT2D eigenvalue weighted by Gasteiger charge is 2.22. The van der Waals surface area contributed by atoms with Crippen LogP contribution >= 0.6 is 12.2 Å². The Morgan fingerprint density at radius 2 is 1.75 bits per heavy atom. The Kier molecular flexibility index (Phi) is 6.50. The predicted molar refractivity (Wildman–Crippen MR) is 104 cm³/mol. The van der Waals surface area contributed by atoms with Gasteiger partial charge in [0, 0.05) is 24.2 Å². The normalized spacial score (nSPS) is 13.1. The number of aliphatic hydroxyl groups excluding tert-OH is 1. The lowest BCUT2D eigenvalue weighted by molar-refractivity contribution is -0.576. The molecule has 1 heterocycles. The molecular weight excluding hydrogens is 316 g/mol. The van der Waals surface area contributed by atoms with Crippen LogP contribution in [0.5, 0.6) is 0 Å². The number of nitrogens with zero attached hydrogens (tertiary/aromatic N) is 1. The molecule has 0 aliphatic rings. The average Bonchev–Trinajstić information content (AvgIpc) is 2.62. The summed E-state index contributed by atoms with van der Waals surface area (Å²) in [7, 11) is 0. The minimum atomic E-state index is 0.174. The Labute approximate surface area is 149 Å². The highest BCUT2D eigenvalue weighted by molar-refractivity contribution is 7.81. The monoisotopic (exact) mass is 341 g/mol. The molecule has 0 saturated heterocycles. The fourth-order valence-corrected chi connectivity index (χ4v) is 2.83. The summed E-state index contributed by atoms with van der Waals surface area (Å²) in [5, 5.41) is 14.0. The zero-order chi connectivity index (χ0) is 17.5. The number of thiocarbonyl (C=S) groups is 1. The molecule has 1 unspecified atom stereocenters. The van der Waals surface area contributed by atoms with Crippen LogP contribution in [0.2, 0.25) is 0 Å². The molecule has 0 aliphatic carbocycles. The summed E-state index contributed by atoms with van der Waals surface area (Å²) in [4.78, 5) is 0.525. The maximum Gasteiger partial charge on any atom is 0.287 e. The van der Waals surface area contributed by atoms with Crippen molar-refractivity contribution in [3.05, 3.63) is 66.0 Å². The van der Waals surface area contributed by atoms with E-state index in [0.29, 0.717) is 23.1 Å². The summed E-state index contributed by atoms with van der Waals surface area (Å²) >= 11 is 5.47. The third-order valence-corrected chi connectivity index (χ3v) is 4.45. The minimum absolute atomic E-state index is 0.174. The van der Waals surface area contributed by atoms with Gasteiger partial charge in [0.2, 0.25) is 0 Å². The third-order valence-electron chi connectivity index (χ3n) is 4.12. The molecule has 0 saturated carbocycles. The largest absolute Gasteiger partial charge is 0.502 e. The van der Waals surface area contributed by atoms with Crippen LogP contribution in [0.4, 0.5) is 0 Å². The van der Waals surface area contributed by atoms with Gasteiger partial charge < -0.3 is 10.4 Å². The summed E-state index contributed by atoms with van der Waals surface area (Å²) in [5.74, 6) is 0.684. The van der Waals surface area contributed by atoms with Gasteiger partial charge in [0.1, 0.15) is 0 Å². The summed E-state index contributed by atoms with van der Waals surface area (Å²) in [6.45, 7) is 7.07. The van der Waals surface area contributed by atoms with Crippen molar-refractivity contribution < 1.29 is 9.67 Å². The molecule has 1 aromatic carbocycles. The number of hydrogen-bond acceptors (Lipinski definition) is 2. The van der Waals surface area contributed by atoms with Gasteiger partial charge in [0.25, 0.3) is 5.70 Å². The first-order valence-electron chi connectivity index (χ1n) is 8.36. The number of benzene rings is 1. The van der Waals surface area contributed by atoms with E-state index in [1.54, 1.807) is 0 Å². The van der Waals surface area contributed by atoms with E-state index in [-0.39, 0.29) is 5.76 Å². The van der Waals surface area contributed by atoms with Gasteiger partial charge in [-0.25, -0.2) is 0 Å². The van der Waals surface area contributed by atoms with Crippen LogP contribution < -0.4 is 9.88 Å². The molecule has 0 amide bonds. The van der Waals surface area contributed by atoms with Crippen molar-refractivity contribution in [2.75, 3.05) is 6.54 Å². The molecule has 1 atom stereocenters. The van der Waals surface area contributed by atoms with E-state index in [9.17, 15) is 5.11 Å². The van der Waals surface area contributed by atoms with Gasteiger partial charge in [0.05, 0.1) is 0 Å². The van der Waals surface area contributed by atoms with Gasteiger partial charge >= 0.3 is 0 Å². The van der Waals surface area contributed by atoms with Crippen LogP contribution in [0, 0.1) is 0 Å². The Morgan fingerprint density at radius 1 is 1.12 bits per heavy atom. The van der Waals surface area contributed by atoms with Crippen molar-refractivity contribution in [2.45, 2.75) is 33.1 Å². The van der Waals surface area contributed by atoms with Gasteiger partial charge in [-0.1, -0.05) is 56.4 Å². The van der Waals surface area contributed by atoms with Gasteiger partial charge in [0.15, 0.2) is 23.1 Å². The highest BCUT2D eigenvalue weighted by Crippen LogP contribution is 2.22. The summed E-state index contributed by atoms with van der Waals surface area (Å²) in [6, 6.07) is 13.8. The molecule has 3 nitrogen and oxygen atoms in total. The molecule has 2 aromatic rings. The van der Waals surface area contributed by atoms with Crippen molar-refractivity contribution in [1.29, 1.82) is 0 Å². The first-order chi connectivity index (χ1) is 11.6. The van der Waals surface area contributed by atoms with Crippen molar-refractivity contribution in [3.63, 3.8) is 0 Å². The molecule has 0 aliphatic heterocycles. The first-order valence-corrected chi connectivity index (χ1v) is 8.77. The maximum absolute atomic E-state index is 10.8. The summed E-state index contributed by atoms with van der Waals surface area (Å²) < 4.78 is 1.84. The van der Waals surface area contributed by atoms with E-state index in [2.05, 4.69) is 31.3 Å². The number of rotatable bonds is 6. The van der Waals surface area contributed by atoms with Gasteiger partial charge in [-0.3, -0.25) is 0 Å². The standard InChI is InChI=1S/C20H24N2OS/c1-4-15(3)16-9-11-17(12-10-16)19(23)18(20(24)21-5-2)22-13-7-6-8-14-22/h6-15H,4-5H2,1-3H3,(H-,21,23,24)/p+1. The molecule has 126 valence electrons. The molecule has 0 spiro atoms. The molecule has 0 bridgehead atoms. The lowest BCUT2D eigenvalue weighted by atomic mass is 9.97. The molecule has 4 heteroatoms. The highest BCUT2D eigenvalue weighted by atomic mass is 32.1. The minimum Gasteiger partial charge on any atom is -0.502 e. The maximum atomic E-state index is 10.8. The van der Waals surface area contributed by atoms with Gasteiger partial charge in [-0.05, 0) is 24.8 Å². The van der Waals surface area contributed by atoms with Crippen LogP contribution in [0.25, 0.3) is 11.5 Å². The molecule has 0 radical (unpaired) electrons. The second kappa shape index (κ2) is 8.60. The molecule has 1 aromatic heterocycles. The predicted octanol–water partition coefficient (Wildman–Crippen LogP) is 4.31. The van der Waals surface area contributed by atoms with E-state index in [1.807, 2.05) is 54.2 Å². The second-order valence-electron chi connectivity index (χ2n) is 5.77. The second-order valence-corrected chi connectivity index (χ2v) is 6.18. The Bertz CT molecular complexity index is 708. The van der Waals surface area contributed by atoms with Crippen LogP contribution in [0.3, 0.4) is 0 Å². The summed E-state index contributed by atoms with van der Waals surface area (Å²) in [5.41, 5.74) is 2.62. The van der Waals surface area contributed by atoms with Crippen LogP contribution in [-0.2, 0) is 0 Å². The van der Waals surface area contributed by atoms with Crippen LogP contribution in [0.15, 0.2) is 54.9 Å². The molecule has 2 rings (SSSR count). The number of likely N-dealkylation sites (N-methyl/N-ethyl adjacent to an activating group) is 1. The lowest BCUT2D eigenvalue weighted by Gasteiger charge is -2.11. The molecular formula is C20H25N2OS+. The number of pyridine rings is 1. The fraction of sp³-hybridized carbons (Fsp3) is 0.300. The SMILES string of the molecule is CCNC(=S)/C(=C(/O)c1ccc(C(C)CC)cc1)[n+]1ccccc1. The Morgan fingerprint density at radius 3 is 2.29 bits per heavy atom. The topological polar surface area (TPSA) is 36.1 Å². The number of nitrogens with one attached hydrogen (secondary N) is 1. The Hall–Kier alpha value is -2.20. The van der Waals surface area contributed by atoms with Crippen LogP contribution in [0.1, 0.15) is 44.2 Å². The van der Waals surface area contributed by atoms with Gasteiger partial charge in [-0.15, -0.1) is 0 Å². The number of aliphatic hydroxyl groups is 1. The zero-order valence-electron chi connectivity index (χ0n) is 14.5. The van der Waals surface area contributed by atoms with Gasteiger partial charge in [-0.2, -0.15) is 4.57 Å². The molecule has 0 fully saturated rings. The van der Waals surface area contributed by atoms with Crippen molar-refractivity contribution in [3.8, 4) is 0 Å². The zero-order valence-corrected chi connectivity index (χ0v) is 15.3. The molecule has 24 heavy (non-hydrogen) atoms. The van der Waals surface area contributed by atoms with E-state index in [4.69, 9.17) is 12.2 Å². The smallest absolute Gasteiger partial charge is 0.287 e. The third kappa shape index (κ3) is 4.20. The molecule has 2 N–H and O–H groups in total. The van der Waals surface area contributed by atoms with E-state index in [1.165, 1.54) is 5.56 Å². The quantitative estimate of drug-likeness (QED) is 0.356. The fourth-order valence-electron chi connectivity index (χ4n) is 2.48. The van der Waals surface area contributed by atoms with E-state index < -0.39 is 0 Å². The summed E-state index contributed by atoms with van der Waals surface area (Å²) in [6.07, 6.45) is 4.85. The van der Waals surface area contributed by atoms with Crippen LogP contribution in [-0.4, -0.2) is 16.6 Å². The lowest BCUT2D eigenvalue weighted by Crippen LogP contribution is -2.40.